The lowest BCUT2D eigenvalue weighted by Crippen LogP contribution is -2.22. The van der Waals surface area contributed by atoms with Crippen molar-refractivity contribution in [3.63, 3.8) is 0 Å². The van der Waals surface area contributed by atoms with Gasteiger partial charge in [0, 0.05) is 17.4 Å². The predicted octanol–water partition coefficient (Wildman–Crippen LogP) is 0.878. The number of hydrogen-bond acceptors (Lipinski definition) is 4. The molecule has 1 aliphatic heterocycles. The first kappa shape index (κ1) is 13.0. The maximum Gasteiger partial charge on any atom is 0.233 e. The molecule has 1 aromatic rings. The van der Waals surface area contributed by atoms with E-state index in [4.69, 9.17) is 0 Å². The highest BCUT2D eigenvalue weighted by Gasteiger charge is 2.26. The minimum Gasteiger partial charge on any atom is -0.219 e. The van der Waals surface area contributed by atoms with Gasteiger partial charge in [-0.2, -0.15) is 0 Å². The Bertz CT molecular complexity index is 730. The quantitative estimate of drug-likeness (QED) is 0.890. The molecule has 0 aromatic heterocycles. The van der Waals surface area contributed by atoms with Crippen molar-refractivity contribution in [1.82, 2.24) is 4.72 Å². The van der Waals surface area contributed by atoms with E-state index in [1.54, 1.807) is 18.2 Å². The third-order valence-electron chi connectivity index (χ3n) is 2.52. The molecular formula is C11H11NO4S2. The number of sulfone groups is 1. The molecule has 0 saturated carbocycles. The van der Waals surface area contributed by atoms with Crippen LogP contribution < -0.4 is 4.72 Å². The molecule has 5 nitrogen and oxygen atoms in total. The monoisotopic (exact) mass is 285 g/mol. The van der Waals surface area contributed by atoms with Crippen LogP contribution >= 0.6 is 0 Å². The van der Waals surface area contributed by atoms with Gasteiger partial charge in [-0.25, -0.2) is 21.6 Å². The zero-order chi connectivity index (χ0) is 13.4. The molecule has 0 radical (unpaired) electrons. The van der Waals surface area contributed by atoms with Crippen LogP contribution in [0, 0.1) is 0 Å². The SMILES string of the molecule is C=CS(=O)(=O)NCC1=CS(=O)(=O)c2ccccc21. The fourth-order valence-corrected chi connectivity index (χ4v) is 3.63. The predicted molar refractivity (Wildman–Crippen MR) is 68.7 cm³/mol. The number of rotatable bonds is 4. The summed E-state index contributed by atoms with van der Waals surface area (Å²) in [6, 6.07) is 6.47. The summed E-state index contributed by atoms with van der Waals surface area (Å²) in [7, 11) is -7.02. The average molecular weight is 285 g/mol. The van der Waals surface area contributed by atoms with Gasteiger partial charge in [-0.15, -0.1) is 0 Å². The smallest absolute Gasteiger partial charge is 0.219 e. The van der Waals surface area contributed by atoms with Crippen LogP contribution in [-0.4, -0.2) is 23.4 Å². The second-order valence-corrected chi connectivity index (χ2v) is 7.19. The van der Waals surface area contributed by atoms with Crippen LogP contribution in [0.25, 0.3) is 5.57 Å². The highest BCUT2D eigenvalue weighted by molar-refractivity contribution is 7.95. The van der Waals surface area contributed by atoms with Gasteiger partial charge < -0.3 is 0 Å². The van der Waals surface area contributed by atoms with Crippen LogP contribution in [0.4, 0.5) is 0 Å². The molecule has 0 bridgehead atoms. The number of nitrogens with one attached hydrogen (secondary N) is 1. The molecule has 7 heteroatoms. The van der Waals surface area contributed by atoms with Crippen molar-refractivity contribution in [2.45, 2.75) is 4.90 Å². The molecule has 0 spiro atoms. The van der Waals surface area contributed by atoms with E-state index < -0.39 is 19.9 Å². The summed E-state index contributed by atoms with van der Waals surface area (Å²) in [4.78, 5) is 0.206. The lowest BCUT2D eigenvalue weighted by molar-refractivity contribution is 0.595. The van der Waals surface area contributed by atoms with Crippen molar-refractivity contribution in [2.75, 3.05) is 6.54 Å². The average Bonchev–Trinajstić information content (AvgIpc) is 2.60. The van der Waals surface area contributed by atoms with E-state index in [2.05, 4.69) is 11.3 Å². The molecule has 1 aromatic carbocycles. The van der Waals surface area contributed by atoms with Crippen LogP contribution in [0.15, 0.2) is 46.6 Å². The van der Waals surface area contributed by atoms with E-state index >= 15 is 0 Å². The summed E-state index contributed by atoms with van der Waals surface area (Å²) in [5, 5.41) is 1.87. The van der Waals surface area contributed by atoms with Crippen molar-refractivity contribution in [2.24, 2.45) is 0 Å². The standard InChI is InChI=1S/C11H11NO4S2/c1-2-18(15,16)12-7-9-8-17(13,14)11-6-4-3-5-10(9)11/h2-6,8,12H,1,7H2. The lowest BCUT2D eigenvalue weighted by Gasteiger charge is -2.04. The summed E-state index contributed by atoms with van der Waals surface area (Å²) >= 11 is 0. The number of fused-ring (bicyclic) bond motifs is 1. The third kappa shape index (κ3) is 2.38. The van der Waals surface area contributed by atoms with Gasteiger partial charge >= 0.3 is 0 Å². The second kappa shape index (κ2) is 4.34. The summed E-state index contributed by atoms with van der Waals surface area (Å²) < 4.78 is 48.3. The Hall–Kier alpha value is -1.44. The van der Waals surface area contributed by atoms with Crippen molar-refractivity contribution in [1.29, 1.82) is 0 Å². The van der Waals surface area contributed by atoms with Gasteiger partial charge in [-0.3, -0.25) is 0 Å². The highest BCUT2D eigenvalue weighted by Crippen LogP contribution is 2.32. The van der Waals surface area contributed by atoms with Gasteiger partial charge in [0.2, 0.25) is 19.9 Å². The second-order valence-electron chi connectivity index (χ2n) is 3.72. The molecule has 0 unspecified atom stereocenters. The summed E-state index contributed by atoms with van der Waals surface area (Å²) in [6.45, 7) is 3.08. The maximum atomic E-state index is 11.8. The Kier molecular flexibility index (Phi) is 3.14. The molecule has 0 fully saturated rings. The third-order valence-corrected chi connectivity index (χ3v) is 5.07. The van der Waals surface area contributed by atoms with Gasteiger partial charge in [0.15, 0.2) is 0 Å². The van der Waals surface area contributed by atoms with Gasteiger partial charge in [-0.05, 0) is 17.2 Å². The maximum absolute atomic E-state index is 11.8. The minimum absolute atomic E-state index is 0.0788. The van der Waals surface area contributed by atoms with Gasteiger partial charge in [0.05, 0.1) is 4.90 Å². The van der Waals surface area contributed by atoms with Crippen LogP contribution in [0.5, 0.6) is 0 Å². The molecule has 96 valence electrons. The van der Waals surface area contributed by atoms with E-state index in [0.29, 0.717) is 11.1 Å². The zero-order valence-electron chi connectivity index (χ0n) is 9.33. The minimum atomic E-state index is -3.57. The Morgan fingerprint density at radius 2 is 1.94 bits per heavy atom. The molecule has 0 aliphatic carbocycles. The molecule has 1 N–H and O–H groups in total. The first-order valence-corrected chi connectivity index (χ1v) is 8.12. The van der Waals surface area contributed by atoms with Gasteiger partial charge in [-0.1, -0.05) is 24.8 Å². The van der Waals surface area contributed by atoms with Gasteiger partial charge in [0.25, 0.3) is 0 Å². The molecule has 1 aliphatic rings. The molecule has 0 amide bonds. The Morgan fingerprint density at radius 1 is 1.28 bits per heavy atom. The Balaban J connectivity index is 2.35. The largest absolute Gasteiger partial charge is 0.233 e. The molecule has 18 heavy (non-hydrogen) atoms. The van der Waals surface area contributed by atoms with E-state index in [0.717, 1.165) is 10.8 Å². The number of sulfonamides is 1. The first-order chi connectivity index (χ1) is 8.36. The molecule has 2 rings (SSSR count). The summed E-state index contributed by atoms with van der Waals surface area (Å²) in [5.41, 5.74) is 0.959. The van der Waals surface area contributed by atoms with Crippen LogP contribution in [-0.2, 0) is 19.9 Å². The molecule has 0 atom stereocenters. The first-order valence-electron chi connectivity index (χ1n) is 5.03. The normalized spacial score (nSPS) is 17.0. The number of benzene rings is 1. The van der Waals surface area contributed by atoms with Crippen molar-refractivity contribution < 1.29 is 16.8 Å². The lowest BCUT2D eigenvalue weighted by atomic mass is 10.1. The summed E-state index contributed by atoms with van der Waals surface area (Å²) in [6.07, 6.45) is 0. The molecule has 0 saturated heterocycles. The Morgan fingerprint density at radius 3 is 2.61 bits per heavy atom. The van der Waals surface area contributed by atoms with Crippen molar-refractivity contribution in [3.8, 4) is 0 Å². The Labute approximate surface area is 106 Å². The van der Waals surface area contributed by atoms with E-state index in [9.17, 15) is 16.8 Å². The van der Waals surface area contributed by atoms with Gasteiger partial charge in [0.1, 0.15) is 0 Å². The number of hydrogen-bond donors (Lipinski definition) is 1. The molecule has 1 heterocycles. The van der Waals surface area contributed by atoms with E-state index in [-0.39, 0.29) is 11.4 Å². The zero-order valence-corrected chi connectivity index (χ0v) is 11.0. The van der Waals surface area contributed by atoms with Crippen LogP contribution in [0.2, 0.25) is 0 Å². The fourth-order valence-electron chi connectivity index (χ4n) is 1.67. The van der Waals surface area contributed by atoms with Crippen LogP contribution in [0.3, 0.4) is 0 Å². The summed E-state index contributed by atoms with van der Waals surface area (Å²) in [5.74, 6) is 0. The van der Waals surface area contributed by atoms with Crippen LogP contribution in [0.1, 0.15) is 5.56 Å². The van der Waals surface area contributed by atoms with Crippen molar-refractivity contribution in [3.05, 3.63) is 47.2 Å². The topological polar surface area (TPSA) is 80.3 Å². The van der Waals surface area contributed by atoms with E-state index in [1.807, 2.05) is 0 Å². The molecular weight excluding hydrogens is 274 g/mol. The fraction of sp³-hybridized carbons (Fsp3) is 0.0909. The van der Waals surface area contributed by atoms with E-state index in [1.165, 1.54) is 6.07 Å². The van der Waals surface area contributed by atoms with Crippen molar-refractivity contribution >= 4 is 25.4 Å². The highest BCUT2D eigenvalue weighted by atomic mass is 32.2.